The van der Waals surface area contributed by atoms with Crippen molar-refractivity contribution < 1.29 is 9.53 Å². The first-order chi connectivity index (χ1) is 17.8. The maximum Gasteiger partial charge on any atom is 0.222 e. The molecule has 2 saturated heterocycles. The smallest absolute Gasteiger partial charge is 0.222 e. The molecule has 2 aliphatic heterocycles. The van der Waals surface area contributed by atoms with E-state index in [0.717, 1.165) is 92.9 Å². The van der Waals surface area contributed by atoms with E-state index in [-0.39, 0.29) is 0 Å². The lowest BCUT2D eigenvalue weighted by Gasteiger charge is -2.36. The van der Waals surface area contributed by atoms with Crippen LogP contribution in [0.15, 0.2) is 36.5 Å². The number of ether oxygens (including phenoxy) is 1. The van der Waals surface area contributed by atoms with Gasteiger partial charge < -0.3 is 14.5 Å². The molecule has 190 valence electrons. The molecule has 1 saturated carbocycles. The Hall–Kier alpha value is -3.00. The molecular formula is C28H36N6O2. The monoisotopic (exact) mass is 488 g/mol. The van der Waals surface area contributed by atoms with Crippen LogP contribution in [0.5, 0.6) is 0 Å². The van der Waals surface area contributed by atoms with Gasteiger partial charge in [-0.2, -0.15) is 5.10 Å². The maximum absolute atomic E-state index is 12.9. The summed E-state index contributed by atoms with van der Waals surface area (Å²) in [6.07, 6.45) is 10.8. The van der Waals surface area contributed by atoms with Crippen LogP contribution in [0, 0.1) is 5.92 Å². The number of amides is 1. The lowest BCUT2D eigenvalue weighted by Crippen LogP contribution is -2.49. The molecule has 0 atom stereocenters. The van der Waals surface area contributed by atoms with Crippen molar-refractivity contribution in [2.24, 2.45) is 5.92 Å². The summed E-state index contributed by atoms with van der Waals surface area (Å²) in [6, 6.07) is 10.2. The number of piperazine rings is 1. The van der Waals surface area contributed by atoms with E-state index in [1.54, 1.807) is 0 Å². The molecule has 36 heavy (non-hydrogen) atoms. The largest absolute Gasteiger partial charge is 0.381 e. The summed E-state index contributed by atoms with van der Waals surface area (Å²) in [7, 11) is 0. The van der Waals surface area contributed by atoms with Crippen molar-refractivity contribution in [2.45, 2.75) is 57.3 Å². The van der Waals surface area contributed by atoms with Crippen LogP contribution in [-0.2, 0) is 9.53 Å². The average Bonchev–Trinajstić information content (AvgIpc) is 3.62. The summed E-state index contributed by atoms with van der Waals surface area (Å²) in [6.45, 7) is 4.56. The Morgan fingerprint density at radius 1 is 0.944 bits per heavy atom. The fraction of sp³-hybridized carbons (Fsp3) is 0.571. The second-order valence-electron chi connectivity index (χ2n) is 10.5. The van der Waals surface area contributed by atoms with Crippen LogP contribution in [0.3, 0.4) is 0 Å². The molecule has 3 aliphatic rings. The Labute approximate surface area is 212 Å². The van der Waals surface area contributed by atoms with Gasteiger partial charge in [0.25, 0.3) is 0 Å². The fourth-order valence-electron chi connectivity index (χ4n) is 6.00. The summed E-state index contributed by atoms with van der Waals surface area (Å²) < 4.78 is 7.52. The molecule has 4 heterocycles. The molecule has 1 amide bonds. The van der Waals surface area contributed by atoms with Crippen molar-refractivity contribution >= 4 is 22.8 Å². The highest BCUT2D eigenvalue weighted by molar-refractivity contribution is 5.88. The van der Waals surface area contributed by atoms with Crippen molar-refractivity contribution in [3.05, 3.63) is 42.4 Å². The zero-order chi connectivity index (χ0) is 24.3. The predicted octanol–water partition coefficient (Wildman–Crippen LogP) is 4.33. The van der Waals surface area contributed by atoms with E-state index in [1.165, 1.54) is 25.7 Å². The Kier molecular flexibility index (Phi) is 6.86. The molecule has 0 spiro atoms. The minimum absolute atomic E-state index is 0.291. The van der Waals surface area contributed by atoms with Crippen LogP contribution in [0.1, 0.15) is 63.1 Å². The zero-order valence-electron chi connectivity index (χ0n) is 21.0. The molecule has 1 aromatic carbocycles. The molecule has 0 N–H and O–H groups in total. The van der Waals surface area contributed by atoms with Crippen molar-refractivity contribution in [1.82, 2.24) is 24.6 Å². The molecule has 2 aromatic heterocycles. The number of nitrogens with zero attached hydrogens (tertiary/aromatic N) is 6. The lowest BCUT2D eigenvalue weighted by atomic mass is 9.99. The number of rotatable bonds is 6. The van der Waals surface area contributed by atoms with Gasteiger partial charge in [-0.15, -0.1) is 0 Å². The van der Waals surface area contributed by atoms with E-state index in [9.17, 15) is 4.79 Å². The maximum atomic E-state index is 12.9. The van der Waals surface area contributed by atoms with Gasteiger partial charge in [0.05, 0.1) is 17.3 Å². The normalized spacial score (nSPS) is 19.9. The van der Waals surface area contributed by atoms with Gasteiger partial charge >= 0.3 is 0 Å². The summed E-state index contributed by atoms with van der Waals surface area (Å²) in [4.78, 5) is 27.4. The van der Waals surface area contributed by atoms with Crippen molar-refractivity contribution in [3.63, 3.8) is 0 Å². The van der Waals surface area contributed by atoms with Gasteiger partial charge in [-0.1, -0.05) is 43.9 Å². The van der Waals surface area contributed by atoms with Gasteiger partial charge in [0.1, 0.15) is 11.6 Å². The second-order valence-corrected chi connectivity index (χ2v) is 10.5. The van der Waals surface area contributed by atoms with Crippen LogP contribution in [0.4, 0.5) is 5.82 Å². The molecule has 0 unspecified atom stereocenters. The molecule has 6 rings (SSSR count). The fourth-order valence-corrected chi connectivity index (χ4v) is 6.00. The minimum Gasteiger partial charge on any atom is -0.381 e. The number of anilines is 1. The van der Waals surface area contributed by atoms with Gasteiger partial charge in [-0.3, -0.25) is 4.79 Å². The number of fused-ring (bicyclic) bond motifs is 1. The van der Waals surface area contributed by atoms with Crippen LogP contribution in [0.2, 0.25) is 0 Å². The predicted molar refractivity (Wildman–Crippen MR) is 139 cm³/mol. The van der Waals surface area contributed by atoms with Gasteiger partial charge in [0.15, 0.2) is 5.65 Å². The van der Waals surface area contributed by atoms with Crippen LogP contribution < -0.4 is 4.90 Å². The number of para-hydroxylation sites is 1. The standard InChI is InChI=1S/C28H36N6O2/c35-25(11-10-21-6-4-5-7-21)32-14-16-33(17-15-32)27-24-20-29-34(23-8-2-1-3-9-23)28(24)31-26(30-27)22-12-18-36-19-13-22/h1-3,8-9,20-22H,4-7,10-19H2. The van der Waals surface area contributed by atoms with Gasteiger partial charge in [-0.05, 0) is 37.3 Å². The third-order valence-electron chi connectivity index (χ3n) is 8.19. The zero-order valence-corrected chi connectivity index (χ0v) is 21.0. The molecule has 8 nitrogen and oxygen atoms in total. The molecule has 0 radical (unpaired) electrons. The Morgan fingerprint density at radius 2 is 1.69 bits per heavy atom. The van der Waals surface area contributed by atoms with Crippen LogP contribution >= 0.6 is 0 Å². The number of carbonyl (C=O) groups excluding carboxylic acids is 1. The minimum atomic E-state index is 0.291. The number of benzene rings is 1. The molecule has 3 fully saturated rings. The molecule has 8 heteroatoms. The summed E-state index contributed by atoms with van der Waals surface area (Å²) in [5.41, 5.74) is 1.84. The third-order valence-corrected chi connectivity index (χ3v) is 8.19. The van der Waals surface area contributed by atoms with Crippen LogP contribution in [-0.4, -0.2) is 69.9 Å². The van der Waals surface area contributed by atoms with E-state index in [0.29, 0.717) is 18.2 Å². The first kappa shape index (κ1) is 23.4. The number of hydrogen-bond donors (Lipinski definition) is 0. The SMILES string of the molecule is O=C(CCC1CCCC1)N1CCN(c2nc(C3CCOCC3)nc3c2cnn3-c2ccccc2)CC1. The third kappa shape index (κ3) is 4.83. The van der Waals surface area contributed by atoms with Crippen LogP contribution in [0.25, 0.3) is 16.7 Å². The van der Waals surface area contributed by atoms with Gasteiger partial charge in [0.2, 0.25) is 5.91 Å². The highest BCUT2D eigenvalue weighted by atomic mass is 16.5. The molecule has 1 aliphatic carbocycles. The van der Waals surface area contributed by atoms with E-state index >= 15 is 0 Å². The van der Waals surface area contributed by atoms with Gasteiger partial charge in [-0.25, -0.2) is 14.6 Å². The van der Waals surface area contributed by atoms with E-state index in [4.69, 9.17) is 19.8 Å². The van der Waals surface area contributed by atoms with Crippen molar-refractivity contribution in [3.8, 4) is 5.69 Å². The summed E-state index contributed by atoms with van der Waals surface area (Å²) in [5.74, 6) is 3.19. The van der Waals surface area contributed by atoms with E-state index in [1.807, 2.05) is 29.1 Å². The summed E-state index contributed by atoms with van der Waals surface area (Å²) >= 11 is 0. The topological polar surface area (TPSA) is 76.4 Å². The number of hydrogen-bond acceptors (Lipinski definition) is 6. The molecule has 0 bridgehead atoms. The second kappa shape index (κ2) is 10.5. The van der Waals surface area contributed by atoms with E-state index < -0.39 is 0 Å². The van der Waals surface area contributed by atoms with Crippen molar-refractivity contribution in [1.29, 1.82) is 0 Å². The Bertz CT molecular complexity index is 1180. The molecular weight excluding hydrogens is 452 g/mol. The Morgan fingerprint density at radius 3 is 2.44 bits per heavy atom. The first-order valence-electron chi connectivity index (χ1n) is 13.7. The highest BCUT2D eigenvalue weighted by Crippen LogP contribution is 2.32. The molecule has 3 aromatic rings. The van der Waals surface area contributed by atoms with E-state index in [2.05, 4.69) is 21.9 Å². The Balaban J connectivity index is 1.24. The lowest BCUT2D eigenvalue weighted by molar-refractivity contribution is -0.131. The quantitative estimate of drug-likeness (QED) is 0.514. The summed E-state index contributed by atoms with van der Waals surface area (Å²) in [5, 5.41) is 5.68. The number of carbonyl (C=O) groups is 1. The number of aromatic nitrogens is 4. The highest BCUT2D eigenvalue weighted by Gasteiger charge is 2.28. The first-order valence-corrected chi connectivity index (χ1v) is 13.7. The van der Waals surface area contributed by atoms with Crippen molar-refractivity contribution in [2.75, 3.05) is 44.3 Å². The average molecular weight is 489 g/mol. The van der Waals surface area contributed by atoms with Gasteiger partial charge in [0, 0.05) is 51.7 Å².